The molecular formula is C29H28FN5O2S. The lowest BCUT2D eigenvalue weighted by molar-refractivity contribution is -0.0496. The highest BCUT2D eigenvalue weighted by Gasteiger charge is 2.35. The van der Waals surface area contributed by atoms with Crippen molar-refractivity contribution in [2.45, 2.75) is 50.3 Å². The molecule has 9 heteroatoms. The molecule has 2 aromatic carbocycles. The Morgan fingerprint density at radius 1 is 1.21 bits per heavy atom. The zero-order chi connectivity index (χ0) is 26.4. The van der Waals surface area contributed by atoms with Gasteiger partial charge in [0.1, 0.15) is 11.9 Å². The van der Waals surface area contributed by atoms with Gasteiger partial charge in [-0.25, -0.2) is 4.39 Å². The van der Waals surface area contributed by atoms with Gasteiger partial charge in [0.2, 0.25) is 0 Å². The molecule has 1 saturated carbocycles. The second-order valence-corrected chi connectivity index (χ2v) is 11.5. The molecule has 0 bridgehead atoms. The zero-order valence-electron chi connectivity index (χ0n) is 20.9. The molecule has 3 N–H and O–H groups in total. The number of aromatic nitrogens is 2. The van der Waals surface area contributed by atoms with Crippen molar-refractivity contribution in [3.05, 3.63) is 64.9 Å². The molecule has 1 unspecified atom stereocenters. The van der Waals surface area contributed by atoms with E-state index < -0.39 is 11.4 Å². The number of hydrogen-bond donors (Lipinski definition) is 2. The van der Waals surface area contributed by atoms with E-state index in [1.165, 1.54) is 23.5 Å². The lowest BCUT2D eigenvalue weighted by atomic mass is 9.80. The molecule has 7 nitrogen and oxygen atoms in total. The van der Waals surface area contributed by atoms with E-state index in [0.717, 1.165) is 59.0 Å². The fraction of sp³-hybridized carbons (Fsp3) is 0.345. The summed E-state index contributed by atoms with van der Waals surface area (Å²) in [5, 5.41) is 25.3. The molecule has 2 aromatic heterocycles. The molecule has 2 fully saturated rings. The summed E-state index contributed by atoms with van der Waals surface area (Å²) in [6.45, 7) is 1.64. The Bertz CT molecular complexity index is 1580. The van der Waals surface area contributed by atoms with Gasteiger partial charge < -0.3 is 15.7 Å². The zero-order valence-corrected chi connectivity index (χ0v) is 21.7. The van der Waals surface area contributed by atoms with Crippen LogP contribution in [0.3, 0.4) is 0 Å². The monoisotopic (exact) mass is 529 g/mol. The van der Waals surface area contributed by atoms with Crippen molar-refractivity contribution in [2.24, 2.45) is 5.73 Å². The number of thiophene rings is 1. The number of hydrogen-bond acceptors (Lipinski definition) is 6. The first-order chi connectivity index (χ1) is 18.3. The molecule has 1 atom stereocenters. The van der Waals surface area contributed by atoms with Crippen molar-refractivity contribution in [3.63, 3.8) is 0 Å². The minimum absolute atomic E-state index is 0.0221. The quantitative estimate of drug-likeness (QED) is 0.382. The number of nitriles is 1. The van der Waals surface area contributed by atoms with E-state index in [1.54, 1.807) is 15.6 Å². The fourth-order valence-corrected chi connectivity index (χ4v) is 6.54. The van der Waals surface area contributed by atoms with E-state index in [0.29, 0.717) is 30.1 Å². The van der Waals surface area contributed by atoms with Gasteiger partial charge in [0.05, 0.1) is 28.1 Å². The normalized spacial score (nSPS) is 18.8. The van der Waals surface area contributed by atoms with Gasteiger partial charge in [0.25, 0.3) is 5.91 Å². The molecule has 1 amide bonds. The molecule has 2 aliphatic rings. The van der Waals surface area contributed by atoms with Gasteiger partial charge in [-0.3, -0.25) is 9.48 Å². The predicted octanol–water partition coefficient (Wildman–Crippen LogP) is 4.92. The first-order valence-corrected chi connectivity index (χ1v) is 13.7. The van der Waals surface area contributed by atoms with E-state index in [-0.39, 0.29) is 17.5 Å². The molecule has 4 aromatic rings. The van der Waals surface area contributed by atoms with Gasteiger partial charge in [-0.05, 0) is 73.6 Å². The van der Waals surface area contributed by atoms with Crippen LogP contribution in [0.5, 0.6) is 0 Å². The average Bonchev–Trinajstić information content (AvgIpc) is 3.51. The van der Waals surface area contributed by atoms with Gasteiger partial charge >= 0.3 is 0 Å². The molecule has 3 heterocycles. The topological polar surface area (TPSA) is 108 Å². The maximum atomic E-state index is 14.6. The lowest BCUT2D eigenvalue weighted by Gasteiger charge is -2.36. The molecule has 0 radical (unpaired) electrons. The van der Waals surface area contributed by atoms with Crippen LogP contribution in [0.2, 0.25) is 0 Å². The molecule has 6 rings (SSSR count). The molecule has 38 heavy (non-hydrogen) atoms. The number of likely N-dealkylation sites (tertiary alicyclic amines) is 1. The van der Waals surface area contributed by atoms with E-state index in [4.69, 9.17) is 5.73 Å². The lowest BCUT2D eigenvalue weighted by Crippen LogP contribution is -2.45. The first kappa shape index (κ1) is 24.7. The van der Waals surface area contributed by atoms with Crippen LogP contribution in [-0.2, 0) is 6.54 Å². The molecule has 1 saturated heterocycles. The summed E-state index contributed by atoms with van der Waals surface area (Å²) >= 11 is 1.38. The van der Waals surface area contributed by atoms with Gasteiger partial charge in [0.15, 0.2) is 0 Å². The second kappa shape index (κ2) is 9.62. The number of benzene rings is 2. The van der Waals surface area contributed by atoms with Crippen LogP contribution in [0.1, 0.15) is 47.3 Å². The summed E-state index contributed by atoms with van der Waals surface area (Å²) in [6, 6.07) is 14.1. The largest absolute Gasteiger partial charge is 0.388 e. The average molecular weight is 530 g/mol. The van der Waals surface area contributed by atoms with Gasteiger partial charge in [-0.15, -0.1) is 11.3 Å². The summed E-state index contributed by atoms with van der Waals surface area (Å²) in [4.78, 5) is 16.7. The number of halogens is 1. The van der Waals surface area contributed by atoms with Crippen molar-refractivity contribution in [2.75, 3.05) is 13.1 Å². The summed E-state index contributed by atoms with van der Waals surface area (Å²) in [5.41, 5.74) is 8.46. The third-order valence-electron chi connectivity index (χ3n) is 7.64. The van der Waals surface area contributed by atoms with E-state index in [1.807, 2.05) is 36.5 Å². The summed E-state index contributed by atoms with van der Waals surface area (Å²) in [5.74, 6) is -0.669. The highest BCUT2D eigenvalue weighted by atomic mass is 32.1. The Labute approximate surface area is 223 Å². The number of nitrogens with zero attached hydrogens (tertiary/aromatic N) is 4. The van der Waals surface area contributed by atoms with Crippen LogP contribution < -0.4 is 5.73 Å². The van der Waals surface area contributed by atoms with Crippen LogP contribution in [0.4, 0.5) is 4.39 Å². The number of carbonyl (C=O) groups is 1. The predicted molar refractivity (Wildman–Crippen MR) is 145 cm³/mol. The van der Waals surface area contributed by atoms with Crippen LogP contribution in [0.15, 0.2) is 48.7 Å². The van der Waals surface area contributed by atoms with Crippen molar-refractivity contribution in [1.29, 1.82) is 5.26 Å². The van der Waals surface area contributed by atoms with Crippen LogP contribution in [0.25, 0.3) is 32.5 Å². The number of amides is 1. The van der Waals surface area contributed by atoms with Crippen LogP contribution in [0, 0.1) is 17.1 Å². The Hall–Kier alpha value is -3.58. The summed E-state index contributed by atoms with van der Waals surface area (Å²) < 4.78 is 16.4. The Morgan fingerprint density at radius 2 is 2.03 bits per heavy atom. The van der Waals surface area contributed by atoms with E-state index in [9.17, 15) is 19.6 Å². The number of aliphatic hydroxyl groups is 1. The number of carbonyl (C=O) groups excluding carboxylic acids is 1. The van der Waals surface area contributed by atoms with E-state index in [2.05, 4.69) is 5.10 Å². The third-order valence-corrected chi connectivity index (χ3v) is 8.82. The smallest absolute Gasteiger partial charge is 0.264 e. The molecule has 1 aliphatic carbocycles. The number of fused-ring (bicyclic) bond motifs is 1. The van der Waals surface area contributed by atoms with Crippen molar-refractivity contribution in [3.8, 4) is 27.6 Å². The molecule has 1 aliphatic heterocycles. The summed E-state index contributed by atoms with van der Waals surface area (Å²) in [7, 11) is 0. The molecular weight excluding hydrogens is 501 g/mol. The SMILES string of the molecule is N#Cc1ccc(-c2cc(C(=O)N3CCCC(N)C3)sc2-c2ccc3nn(CC4(O)CCC4)cc3c2)cc1F. The maximum absolute atomic E-state index is 14.6. The van der Waals surface area contributed by atoms with Gasteiger partial charge in [-0.1, -0.05) is 12.1 Å². The summed E-state index contributed by atoms with van der Waals surface area (Å²) in [6.07, 6.45) is 6.31. The minimum atomic E-state index is -0.683. The number of piperidine rings is 1. The van der Waals surface area contributed by atoms with E-state index >= 15 is 0 Å². The Kier molecular flexibility index (Phi) is 6.26. The van der Waals surface area contributed by atoms with Crippen molar-refractivity contribution in [1.82, 2.24) is 14.7 Å². The minimum Gasteiger partial charge on any atom is -0.388 e. The highest BCUT2D eigenvalue weighted by molar-refractivity contribution is 7.18. The highest BCUT2D eigenvalue weighted by Crippen LogP contribution is 2.41. The standard InChI is InChI=1S/C29H28FN5O2S/c30-24-12-18(4-5-20(24)14-31)23-13-26(28(36)34-10-1-3-22(32)16-34)38-27(23)19-6-7-25-21(11-19)15-35(33-25)17-29(37)8-2-9-29/h4-7,11-13,15,22,37H,1-3,8-10,16-17,32H2. The Morgan fingerprint density at radius 3 is 2.74 bits per heavy atom. The van der Waals surface area contributed by atoms with Crippen LogP contribution >= 0.6 is 11.3 Å². The Balaban J connectivity index is 1.41. The second-order valence-electron chi connectivity index (χ2n) is 10.5. The fourth-order valence-electron chi connectivity index (χ4n) is 5.39. The first-order valence-electron chi connectivity index (χ1n) is 12.9. The molecule has 0 spiro atoms. The van der Waals surface area contributed by atoms with Crippen molar-refractivity contribution >= 4 is 28.1 Å². The number of rotatable bonds is 5. The van der Waals surface area contributed by atoms with Crippen LogP contribution in [-0.4, -0.2) is 50.4 Å². The molecule has 194 valence electrons. The maximum Gasteiger partial charge on any atom is 0.264 e. The van der Waals surface area contributed by atoms with Gasteiger partial charge in [0, 0.05) is 41.2 Å². The number of nitrogens with two attached hydrogens (primary N) is 1. The van der Waals surface area contributed by atoms with Crippen molar-refractivity contribution < 1.29 is 14.3 Å². The third kappa shape index (κ3) is 4.60. The van der Waals surface area contributed by atoms with Gasteiger partial charge in [-0.2, -0.15) is 10.4 Å².